The standard InChI is InChI=1S/C21H27Cl2N3O4S/c1-30-21-6-4-3-5-20(21)25-11-9-24(10-12-25)14-17(27)15-26(31(2,28)29)16-7-8-18(22)19(23)13-16/h3-8,13,17,27H,9-12,14-15H2,1-2H3. The lowest BCUT2D eigenvalue weighted by Crippen LogP contribution is -2.50. The summed E-state index contributed by atoms with van der Waals surface area (Å²) in [5.74, 6) is 0.835. The molecule has 1 aliphatic rings. The number of rotatable bonds is 8. The molecule has 0 aliphatic carbocycles. The Labute approximate surface area is 193 Å². The Kier molecular flexibility index (Phi) is 7.93. The van der Waals surface area contributed by atoms with Crippen molar-refractivity contribution in [2.45, 2.75) is 6.10 Å². The van der Waals surface area contributed by atoms with Crippen LogP contribution >= 0.6 is 23.2 Å². The highest BCUT2D eigenvalue weighted by atomic mass is 35.5. The summed E-state index contributed by atoms with van der Waals surface area (Å²) in [6, 6.07) is 12.5. The van der Waals surface area contributed by atoms with Crippen molar-refractivity contribution in [1.29, 1.82) is 0 Å². The summed E-state index contributed by atoms with van der Waals surface area (Å²) in [4.78, 5) is 4.38. The van der Waals surface area contributed by atoms with Crippen molar-refractivity contribution >= 4 is 44.6 Å². The number of aliphatic hydroxyl groups is 1. The van der Waals surface area contributed by atoms with Crippen molar-refractivity contribution in [3.05, 3.63) is 52.5 Å². The Morgan fingerprint density at radius 3 is 2.39 bits per heavy atom. The normalized spacial score (nSPS) is 16.2. The lowest BCUT2D eigenvalue weighted by molar-refractivity contribution is 0.115. The van der Waals surface area contributed by atoms with Gasteiger partial charge in [-0.3, -0.25) is 9.21 Å². The number of ether oxygens (including phenoxy) is 1. The minimum atomic E-state index is -3.60. The van der Waals surface area contributed by atoms with E-state index in [2.05, 4.69) is 9.80 Å². The number of hydrogen-bond donors (Lipinski definition) is 1. The number of benzene rings is 2. The van der Waals surface area contributed by atoms with Crippen LogP contribution in [0.1, 0.15) is 0 Å². The monoisotopic (exact) mass is 487 g/mol. The van der Waals surface area contributed by atoms with Crippen molar-refractivity contribution in [3.63, 3.8) is 0 Å². The van der Waals surface area contributed by atoms with Crippen LogP contribution in [0.4, 0.5) is 11.4 Å². The number of aliphatic hydroxyl groups excluding tert-OH is 1. The smallest absolute Gasteiger partial charge is 0.232 e. The molecule has 2 aromatic carbocycles. The van der Waals surface area contributed by atoms with Crippen molar-refractivity contribution in [3.8, 4) is 5.75 Å². The van der Waals surface area contributed by atoms with E-state index in [0.29, 0.717) is 17.3 Å². The molecule has 3 rings (SSSR count). The minimum absolute atomic E-state index is 0.0660. The fourth-order valence-corrected chi connectivity index (χ4v) is 4.91. The average molecular weight is 488 g/mol. The van der Waals surface area contributed by atoms with Crippen molar-refractivity contribution in [2.24, 2.45) is 0 Å². The summed E-state index contributed by atoms with van der Waals surface area (Å²) in [5, 5.41) is 11.2. The highest BCUT2D eigenvalue weighted by Gasteiger charge is 2.25. The van der Waals surface area contributed by atoms with Gasteiger partial charge >= 0.3 is 0 Å². The molecule has 0 aromatic heterocycles. The molecule has 1 fully saturated rings. The number of anilines is 2. The summed E-state index contributed by atoms with van der Waals surface area (Å²) in [5.41, 5.74) is 1.42. The van der Waals surface area contributed by atoms with Crippen LogP contribution in [0.15, 0.2) is 42.5 Å². The summed E-state index contributed by atoms with van der Waals surface area (Å²) in [6.45, 7) is 3.38. The predicted molar refractivity (Wildman–Crippen MR) is 126 cm³/mol. The Hall–Kier alpha value is -1.71. The number of β-amino-alcohol motifs (C(OH)–C–C–N with tert-alkyl or cyclic N) is 1. The van der Waals surface area contributed by atoms with E-state index in [0.717, 1.165) is 48.2 Å². The third-order valence-corrected chi connectivity index (χ3v) is 7.13. The second kappa shape index (κ2) is 10.3. The third-order valence-electron chi connectivity index (χ3n) is 5.24. The van der Waals surface area contributed by atoms with Gasteiger partial charge in [-0.05, 0) is 30.3 Å². The zero-order valence-corrected chi connectivity index (χ0v) is 19.9. The molecule has 0 amide bonds. The lowest BCUT2D eigenvalue weighted by Gasteiger charge is -2.37. The van der Waals surface area contributed by atoms with Gasteiger partial charge in [-0.2, -0.15) is 0 Å². The van der Waals surface area contributed by atoms with Crippen LogP contribution in [0.5, 0.6) is 5.75 Å². The quantitative estimate of drug-likeness (QED) is 0.616. The van der Waals surface area contributed by atoms with Gasteiger partial charge in [-0.1, -0.05) is 35.3 Å². The maximum atomic E-state index is 12.3. The molecule has 10 heteroatoms. The highest BCUT2D eigenvalue weighted by Crippen LogP contribution is 2.29. The minimum Gasteiger partial charge on any atom is -0.495 e. The molecule has 1 saturated heterocycles. The SMILES string of the molecule is COc1ccccc1N1CCN(CC(O)CN(c2ccc(Cl)c(Cl)c2)S(C)(=O)=O)CC1. The number of methoxy groups -OCH3 is 1. The highest BCUT2D eigenvalue weighted by molar-refractivity contribution is 7.92. The molecule has 0 radical (unpaired) electrons. The van der Waals surface area contributed by atoms with E-state index in [1.165, 1.54) is 6.07 Å². The van der Waals surface area contributed by atoms with E-state index in [1.54, 1.807) is 19.2 Å². The first kappa shape index (κ1) is 23.9. The molecule has 1 N–H and O–H groups in total. The number of sulfonamides is 1. The summed E-state index contributed by atoms with van der Waals surface area (Å²) < 4.78 is 31.3. The molecule has 1 aliphatic heterocycles. The van der Waals surface area contributed by atoms with E-state index in [1.807, 2.05) is 24.3 Å². The molecule has 1 unspecified atom stereocenters. The van der Waals surface area contributed by atoms with E-state index >= 15 is 0 Å². The van der Waals surface area contributed by atoms with Gasteiger partial charge in [-0.25, -0.2) is 8.42 Å². The second-order valence-corrected chi connectivity index (χ2v) is 10.2. The van der Waals surface area contributed by atoms with Crippen LogP contribution in [-0.2, 0) is 10.0 Å². The fraction of sp³-hybridized carbons (Fsp3) is 0.429. The van der Waals surface area contributed by atoms with Gasteiger partial charge in [0.2, 0.25) is 10.0 Å². The molecule has 1 atom stereocenters. The lowest BCUT2D eigenvalue weighted by atomic mass is 10.2. The Balaban J connectivity index is 1.61. The zero-order valence-electron chi connectivity index (χ0n) is 17.5. The van der Waals surface area contributed by atoms with E-state index < -0.39 is 16.1 Å². The zero-order chi connectivity index (χ0) is 22.6. The summed E-state index contributed by atoms with van der Waals surface area (Å²) in [6.07, 6.45) is 0.246. The summed E-state index contributed by atoms with van der Waals surface area (Å²) in [7, 11) is -1.95. The Morgan fingerprint density at radius 2 is 1.77 bits per heavy atom. The van der Waals surface area contributed by atoms with Crippen molar-refractivity contribution < 1.29 is 18.3 Å². The first-order chi connectivity index (χ1) is 14.7. The number of halogens is 2. The van der Waals surface area contributed by atoms with Crippen molar-refractivity contribution in [1.82, 2.24) is 4.90 Å². The Bertz CT molecular complexity index is 998. The fourth-order valence-electron chi connectivity index (χ4n) is 3.68. The van der Waals surface area contributed by atoms with Crippen LogP contribution in [0.3, 0.4) is 0 Å². The van der Waals surface area contributed by atoms with Crippen LogP contribution < -0.4 is 13.9 Å². The van der Waals surface area contributed by atoms with Gasteiger partial charge < -0.3 is 14.7 Å². The molecule has 7 nitrogen and oxygen atoms in total. The van der Waals surface area contributed by atoms with E-state index in [4.69, 9.17) is 27.9 Å². The van der Waals surface area contributed by atoms with Crippen LogP contribution in [0.2, 0.25) is 10.0 Å². The van der Waals surface area contributed by atoms with Gasteiger partial charge in [0.1, 0.15) is 5.75 Å². The topological polar surface area (TPSA) is 73.3 Å². The first-order valence-electron chi connectivity index (χ1n) is 9.90. The molecule has 0 spiro atoms. The van der Waals surface area contributed by atoms with E-state index in [9.17, 15) is 13.5 Å². The van der Waals surface area contributed by atoms with Gasteiger partial charge in [0, 0.05) is 32.7 Å². The molecule has 31 heavy (non-hydrogen) atoms. The van der Waals surface area contributed by atoms with Gasteiger partial charge in [0.05, 0.1) is 47.4 Å². The molecule has 0 bridgehead atoms. The second-order valence-electron chi connectivity index (χ2n) is 7.51. The molecular formula is C21H27Cl2N3O4S. The maximum Gasteiger partial charge on any atom is 0.232 e. The van der Waals surface area contributed by atoms with Gasteiger partial charge in [-0.15, -0.1) is 0 Å². The number of nitrogens with zero attached hydrogens (tertiary/aromatic N) is 3. The van der Waals surface area contributed by atoms with Gasteiger partial charge in [0.15, 0.2) is 0 Å². The largest absolute Gasteiger partial charge is 0.495 e. The van der Waals surface area contributed by atoms with E-state index in [-0.39, 0.29) is 11.6 Å². The predicted octanol–water partition coefficient (Wildman–Crippen LogP) is 2.95. The number of piperazine rings is 1. The third kappa shape index (κ3) is 6.17. The first-order valence-corrected chi connectivity index (χ1v) is 12.5. The van der Waals surface area contributed by atoms with Crippen molar-refractivity contribution in [2.75, 3.05) is 61.8 Å². The molecule has 170 valence electrons. The van der Waals surface area contributed by atoms with Crippen LogP contribution in [-0.4, -0.2) is 77.2 Å². The summed E-state index contributed by atoms with van der Waals surface area (Å²) >= 11 is 12.0. The number of hydrogen-bond acceptors (Lipinski definition) is 6. The van der Waals surface area contributed by atoms with Gasteiger partial charge in [0.25, 0.3) is 0 Å². The number of para-hydroxylation sites is 2. The van der Waals surface area contributed by atoms with Crippen LogP contribution in [0, 0.1) is 0 Å². The molecule has 0 saturated carbocycles. The average Bonchev–Trinajstić information content (AvgIpc) is 2.74. The molecular weight excluding hydrogens is 461 g/mol. The van der Waals surface area contributed by atoms with Crippen LogP contribution in [0.25, 0.3) is 0 Å². The maximum absolute atomic E-state index is 12.3. The Morgan fingerprint density at radius 1 is 1.10 bits per heavy atom. The molecule has 1 heterocycles. The molecule has 2 aromatic rings.